The maximum atomic E-state index is 6.14. The van der Waals surface area contributed by atoms with Crippen LogP contribution in [0.5, 0.6) is 0 Å². The summed E-state index contributed by atoms with van der Waals surface area (Å²) in [4.78, 5) is 19.0. The number of aromatic amines is 2. The summed E-state index contributed by atoms with van der Waals surface area (Å²) in [5.74, 6) is 2.14. The number of ether oxygens (including phenoxy) is 1. The van der Waals surface area contributed by atoms with Gasteiger partial charge in [-0.1, -0.05) is 29.8 Å². The molecule has 1 atom stereocenters. The van der Waals surface area contributed by atoms with Crippen LogP contribution in [-0.2, 0) is 4.74 Å². The number of benzene rings is 2. The summed E-state index contributed by atoms with van der Waals surface area (Å²) in [6, 6.07) is 15.4. The molecule has 6 N–H and O–H groups in total. The number of nitrogens with zero attached hydrogens (tertiary/aromatic N) is 5. The Morgan fingerprint density at radius 3 is 2.86 bits per heavy atom. The van der Waals surface area contributed by atoms with E-state index in [0.29, 0.717) is 36.2 Å². The van der Waals surface area contributed by atoms with Crippen molar-refractivity contribution in [2.24, 2.45) is 0 Å². The van der Waals surface area contributed by atoms with Crippen LogP contribution in [0.3, 0.4) is 0 Å². The van der Waals surface area contributed by atoms with E-state index < -0.39 is 0 Å². The third kappa shape index (κ3) is 4.13. The molecule has 1 aliphatic rings. The topological polar surface area (TPSA) is 148 Å². The van der Waals surface area contributed by atoms with Gasteiger partial charge in [-0.2, -0.15) is 10.1 Å². The number of hydrogen-bond donors (Lipinski definition) is 4. The molecule has 0 saturated carbocycles. The van der Waals surface area contributed by atoms with Crippen LogP contribution in [0.2, 0.25) is 5.02 Å². The molecule has 0 radical (unpaired) electrons. The molecule has 3 aromatic heterocycles. The molecule has 35 heavy (non-hydrogen) atoms. The zero-order valence-corrected chi connectivity index (χ0v) is 19.3. The van der Waals surface area contributed by atoms with Gasteiger partial charge in [0.1, 0.15) is 17.7 Å². The molecule has 1 aliphatic heterocycles. The van der Waals surface area contributed by atoms with E-state index in [2.05, 4.69) is 35.0 Å². The van der Waals surface area contributed by atoms with Gasteiger partial charge in [0.15, 0.2) is 5.82 Å². The highest BCUT2D eigenvalue weighted by Gasteiger charge is 2.26. The largest absolute Gasteiger partial charge is 0.382 e. The zero-order chi connectivity index (χ0) is 23.9. The molecule has 1 saturated heterocycles. The van der Waals surface area contributed by atoms with Crippen molar-refractivity contribution < 1.29 is 4.74 Å². The van der Waals surface area contributed by atoms with Gasteiger partial charge in [0.05, 0.1) is 36.3 Å². The number of nitrogen functional groups attached to an aromatic ring is 2. The Kier molecular flexibility index (Phi) is 5.24. The second-order valence-corrected chi connectivity index (χ2v) is 8.77. The highest BCUT2D eigenvalue weighted by atomic mass is 35.5. The third-order valence-electron chi connectivity index (χ3n) is 6.04. The van der Waals surface area contributed by atoms with Gasteiger partial charge in [-0.3, -0.25) is 5.10 Å². The first-order valence-electron chi connectivity index (χ1n) is 11.1. The van der Waals surface area contributed by atoms with Crippen LogP contribution >= 0.6 is 11.6 Å². The van der Waals surface area contributed by atoms with Gasteiger partial charge in [0.25, 0.3) is 0 Å². The number of halogens is 1. The van der Waals surface area contributed by atoms with E-state index in [1.54, 1.807) is 6.20 Å². The predicted molar refractivity (Wildman–Crippen MR) is 136 cm³/mol. The smallest absolute Gasteiger partial charge is 0.222 e. The number of anilines is 3. The van der Waals surface area contributed by atoms with Crippen molar-refractivity contribution in [3.63, 3.8) is 0 Å². The highest BCUT2D eigenvalue weighted by molar-refractivity contribution is 6.30. The van der Waals surface area contributed by atoms with Crippen molar-refractivity contribution >= 4 is 40.1 Å². The van der Waals surface area contributed by atoms with Crippen LogP contribution in [0.1, 0.15) is 11.9 Å². The molecule has 10 nitrogen and oxygen atoms in total. The summed E-state index contributed by atoms with van der Waals surface area (Å²) in [5.41, 5.74) is 16.3. The van der Waals surface area contributed by atoms with Gasteiger partial charge in [-0.25, -0.2) is 9.97 Å². The van der Waals surface area contributed by atoms with Gasteiger partial charge in [-0.15, -0.1) is 0 Å². The number of nitrogens with one attached hydrogen (secondary N) is 2. The molecule has 2 aromatic carbocycles. The van der Waals surface area contributed by atoms with Crippen LogP contribution in [0.15, 0.2) is 54.7 Å². The lowest BCUT2D eigenvalue weighted by molar-refractivity contribution is 0.0343. The van der Waals surface area contributed by atoms with Crippen molar-refractivity contribution in [3.8, 4) is 22.5 Å². The third-order valence-corrected chi connectivity index (χ3v) is 6.28. The number of hydrogen-bond acceptors (Lipinski definition) is 8. The van der Waals surface area contributed by atoms with Crippen molar-refractivity contribution in [2.75, 3.05) is 36.1 Å². The van der Waals surface area contributed by atoms with Gasteiger partial charge in [0, 0.05) is 34.1 Å². The number of aromatic nitrogens is 6. The molecule has 0 spiro atoms. The van der Waals surface area contributed by atoms with E-state index >= 15 is 0 Å². The average Bonchev–Trinajstić information content (AvgIpc) is 3.51. The molecule has 0 amide bonds. The Morgan fingerprint density at radius 2 is 1.97 bits per heavy atom. The molecule has 1 unspecified atom stereocenters. The lowest BCUT2D eigenvalue weighted by Crippen LogP contribution is -2.39. The lowest BCUT2D eigenvalue weighted by Gasteiger charge is -2.33. The average molecular weight is 488 g/mol. The van der Waals surface area contributed by atoms with Gasteiger partial charge < -0.3 is 26.1 Å². The van der Waals surface area contributed by atoms with E-state index in [9.17, 15) is 0 Å². The first-order valence-corrected chi connectivity index (χ1v) is 11.5. The number of fused-ring (bicyclic) bond motifs is 1. The van der Waals surface area contributed by atoms with Gasteiger partial charge in [-0.05, 0) is 24.3 Å². The monoisotopic (exact) mass is 487 g/mol. The van der Waals surface area contributed by atoms with Crippen molar-refractivity contribution in [1.29, 1.82) is 0 Å². The maximum absolute atomic E-state index is 6.14. The SMILES string of the molecule is Nc1nc(-c2ccc3c(N)n[nH]c3c2)cc(N2CCOC(c3ncc(-c4cccc(Cl)c4)[nH]3)C2)n1. The second-order valence-electron chi connectivity index (χ2n) is 8.34. The number of H-pyrrole nitrogens is 2. The van der Waals surface area contributed by atoms with Crippen LogP contribution in [-0.4, -0.2) is 49.8 Å². The molecule has 0 bridgehead atoms. The van der Waals surface area contributed by atoms with Crippen molar-refractivity contribution in [2.45, 2.75) is 6.10 Å². The minimum Gasteiger partial charge on any atom is -0.382 e. The van der Waals surface area contributed by atoms with E-state index in [0.717, 1.165) is 39.4 Å². The first kappa shape index (κ1) is 21.4. The molecule has 1 fully saturated rings. The molecular weight excluding hydrogens is 466 g/mol. The van der Waals surface area contributed by atoms with Crippen LogP contribution in [0.25, 0.3) is 33.4 Å². The molecule has 5 aromatic rings. The van der Waals surface area contributed by atoms with E-state index in [-0.39, 0.29) is 12.1 Å². The zero-order valence-electron chi connectivity index (χ0n) is 18.6. The molecule has 0 aliphatic carbocycles. The fraction of sp³-hybridized carbons (Fsp3) is 0.167. The fourth-order valence-corrected chi connectivity index (χ4v) is 4.48. The minimum atomic E-state index is -0.249. The normalized spacial score (nSPS) is 16.1. The first-order chi connectivity index (χ1) is 17.0. The van der Waals surface area contributed by atoms with E-state index in [1.807, 2.05) is 48.5 Å². The molecule has 6 rings (SSSR count). The Hall–Kier alpha value is -4.15. The number of imidazole rings is 1. The Balaban J connectivity index is 1.26. The number of morpholine rings is 1. The van der Waals surface area contributed by atoms with Gasteiger partial charge >= 0.3 is 0 Å². The molecular formula is C24H22ClN9O. The Bertz CT molecular complexity index is 1530. The summed E-state index contributed by atoms with van der Waals surface area (Å²) < 4.78 is 6.03. The standard InChI is InChI=1S/C24H22ClN9O/c25-15-3-1-2-13(8-15)19-11-28-23(29-19)20-12-34(6-7-35-20)21-10-17(30-24(27)31-21)14-4-5-16-18(9-14)32-33-22(16)26/h1-5,8-11,20H,6-7,12H2,(H,28,29)(H3,26,32,33)(H2,27,30,31). The number of rotatable bonds is 4. The van der Waals surface area contributed by atoms with Crippen LogP contribution in [0.4, 0.5) is 17.6 Å². The fourth-order valence-electron chi connectivity index (χ4n) is 4.29. The maximum Gasteiger partial charge on any atom is 0.222 e. The quantitative estimate of drug-likeness (QED) is 0.299. The van der Waals surface area contributed by atoms with Crippen LogP contribution < -0.4 is 16.4 Å². The summed E-state index contributed by atoms with van der Waals surface area (Å²) in [6.07, 6.45) is 1.54. The molecule has 11 heteroatoms. The Morgan fingerprint density at radius 1 is 1.06 bits per heavy atom. The summed E-state index contributed by atoms with van der Waals surface area (Å²) in [7, 11) is 0. The summed E-state index contributed by atoms with van der Waals surface area (Å²) >= 11 is 6.14. The Labute approximate surface area is 205 Å². The lowest BCUT2D eigenvalue weighted by atomic mass is 10.1. The predicted octanol–water partition coefficient (Wildman–Crippen LogP) is 3.81. The second kappa shape index (κ2) is 8.57. The minimum absolute atomic E-state index is 0.200. The molecule has 4 heterocycles. The van der Waals surface area contributed by atoms with E-state index in [1.165, 1.54) is 0 Å². The summed E-state index contributed by atoms with van der Waals surface area (Å²) in [6.45, 7) is 1.76. The van der Waals surface area contributed by atoms with Crippen molar-refractivity contribution in [1.82, 2.24) is 30.1 Å². The highest BCUT2D eigenvalue weighted by Crippen LogP contribution is 2.30. The number of nitrogens with two attached hydrogens (primary N) is 2. The van der Waals surface area contributed by atoms with Crippen molar-refractivity contribution in [3.05, 3.63) is 65.6 Å². The molecule has 176 valence electrons. The van der Waals surface area contributed by atoms with Gasteiger partial charge in [0.2, 0.25) is 5.95 Å². The summed E-state index contributed by atoms with van der Waals surface area (Å²) in [5, 5.41) is 8.53. The van der Waals surface area contributed by atoms with E-state index in [4.69, 9.17) is 27.8 Å². The van der Waals surface area contributed by atoms with Crippen LogP contribution in [0, 0.1) is 0 Å².